The monoisotopic (exact) mass is 355 g/mol. The van der Waals surface area contributed by atoms with Crippen LogP contribution in [0.2, 0.25) is 0 Å². The lowest BCUT2D eigenvalue weighted by Gasteiger charge is -2.18. The summed E-state index contributed by atoms with van der Waals surface area (Å²) in [6.07, 6.45) is 0. The number of aryl methyl sites for hydroxylation is 1. The first-order chi connectivity index (χ1) is 9.95. The number of anilines is 1. The second-order valence-electron chi connectivity index (χ2n) is 4.78. The molecule has 0 aliphatic rings. The normalized spacial score (nSPS) is 12.3. The maximum absolute atomic E-state index is 12.2. The van der Waals surface area contributed by atoms with Crippen molar-refractivity contribution in [2.24, 2.45) is 0 Å². The Morgan fingerprint density at radius 3 is 2.57 bits per heavy atom. The van der Waals surface area contributed by atoms with Crippen LogP contribution in [0.15, 0.2) is 46.9 Å². The van der Waals surface area contributed by atoms with E-state index >= 15 is 0 Å². The van der Waals surface area contributed by atoms with E-state index in [1.54, 1.807) is 12.1 Å². The summed E-state index contributed by atoms with van der Waals surface area (Å²) in [7, 11) is 0. The molecule has 0 fully saturated rings. The van der Waals surface area contributed by atoms with E-state index in [0.29, 0.717) is 0 Å². The van der Waals surface area contributed by atoms with E-state index in [9.17, 15) is 8.78 Å². The fraction of sp³-hybridized carbons (Fsp3) is 0.250. The summed E-state index contributed by atoms with van der Waals surface area (Å²) in [5.74, 6) is 0.170. The maximum atomic E-state index is 12.2. The molecule has 0 aromatic heterocycles. The van der Waals surface area contributed by atoms with Gasteiger partial charge in [-0.3, -0.25) is 0 Å². The molecular weight excluding hydrogens is 340 g/mol. The first kappa shape index (κ1) is 15.8. The van der Waals surface area contributed by atoms with Gasteiger partial charge in [0.25, 0.3) is 0 Å². The third kappa shape index (κ3) is 4.43. The molecule has 0 heterocycles. The highest BCUT2D eigenvalue weighted by Gasteiger charge is 2.10. The van der Waals surface area contributed by atoms with Crippen molar-refractivity contribution in [3.63, 3.8) is 0 Å². The van der Waals surface area contributed by atoms with Gasteiger partial charge in [0.05, 0.1) is 0 Å². The topological polar surface area (TPSA) is 21.3 Å². The van der Waals surface area contributed by atoms with Gasteiger partial charge in [0.2, 0.25) is 0 Å². The number of hydrogen-bond donors (Lipinski definition) is 1. The molecule has 1 unspecified atom stereocenters. The van der Waals surface area contributed by atoms with Crippen LogP contribution in [-0.2, 0) is 0 Å². The van der Waals surface area contributed by atoms with E-state index in [2.05, 4.69) is 26.0 Å². The lowest BCUT2D eigenvalue weighted by molar-refractivity contribution is -0.0498. The molecule has 1 N–H and O–H groups in total. The van der Waals surface area contributed by atoms with Crippen LogP contribution in [0.5, 0.6) is 5.75 Å². The molecule has 0 saturated heterocycles. The molecule has 0 radical (unpaired) electrons. The lowest BCUT2D eigenvalue weighted by Crippen LogP contribution is -2.08. The van der Waals surface area contributed by atoms with Gasteiger partial charge >= 0.3 is 6.61 Å². The standard InChI is InChI=1S/C16H16BrF2NO/c1-10-8-13(17)6-7-15(10)20-11(2)12-4-3-5-14(9-12)21-16(18)19/h3-9,11,16,20H,1-2H3. The van der Waals surface area contributed by atoms with Crippen molar-refractivity contribution in [1.29, 1.82) is 0 Å². The van der Waals surface area contributed by atoms with Crippen molar-refractivity contribution in [1.82, 2.24) is 0 Å². The van der Waals surface area contributed by atoms with Crippen molar-refractivity contribution in [3.05, 3.63) is 58.1 Å². The Morgan fingerprint density at radius 2 is 1.90 bits per heavy atom. The van der Waals surface area contributed by atoms with Gasteiger partial charge in [-0.15, -0.1) is 0 Å². The van der Waals surface area contributed by atoms with Crippen LogP contribution in [0.1, 0.15) is 24.1 Å². The molecule has 0 amide bonds. The predicted molar refractivity (Wildman–Crippen MR) is 84.0 cm³/mol. The van der Waals surface area contributed by atoms with Crippen LogP contribution in [0, 0.1) is 6.92 Å². The number of rotatable bonds is 5. The number of halogens is 3. The fourth-order valence-corrected chi connectivity index (χ4v) is 2.54. The Bertz CT molecular complexity index is 619. The Morgan fingerprint density at radius 1 is 1.14 bits per heavy atom. The van der Waals surface area contributed by atoms with Crippen LogP contribution in [-0.4, -0.2) is 6.61 Å². The van der Waals surface area contributed by atoms with Gasteiger partial charge in [-0.05, 0) is 55.3 Å². The zero-order chi connectivity index (χ0) is 15.4. The molecule has 0 saturated carbocycles. The average Bonchev–Trinajstić information content (AvgIpc) is 2.41. The highest BCUT2D eigenvalue weighted by molar-refractivity contribution is 9.10. The van der Waals surface area contributed by atoms with Gasteiger partial charge in [-0.2, -0.15) is 8.78 Å². The van der Waals surface area contributed by atoms with Crippen molar-refractivity contribution in [2.75, 3.05) is 5.32 Å². The van der Waals surface area contributed by atoms with E-state index in [4.69, 9.17) is 0 Å². The van der Waals surface area contributed by atoms with Crippen molar-refractivity contribution >= 4 is 21.6 Å². The minimum absolute atomic E-state index is 0.0221. The largest absolute Gasteiger partial charge is 0.435 e. The summed E-state index contributed by atoms with van der Waals surface area (Å²) >= 11 is 3.42. The van der Waals surface area contributed by atoms with Gasteiger partial charge < -0.3 is 10.1 Å². The summed E-state index contributed by atoms with van der Waals surface area (Å²) in [5.41, 5.74) is 3.00. The van der Waals surface area contributed by atoms with Gasteiger partial charge in [0, 0.05) is 16.2 Å². The minimum Gasteiger partial charge on any atom is -0.435 e. The molecule has 2 nitrogen and oxygen atoms in total. The Kier molecular flexibility index (Phi) is 5.17. The molecule has 5 heteroatoms. The smallest absolute Gasteiger partial charge is 0.387 e. The third-order valence-electron chi connectivity index (χ3n) is 3.14. The van der Waals surface area contributed by atoms with Crippen LogP contribution in [0.25, 0.3) is 0 Å². The summed E-state index contributed by atoms with van der Waals surface area (Å²) in [5, 5.41) is 3.37. The van der Waals surface area contributed by atoms with Crippen LogP contribution < -0.4 is 10.1 Å². The van der Waals surface area contributed by atoms with Gasteiger partial charge in [-0.1, -0.05) is 28.1 Å². The molecule has 21 heavy (non-hydrogen) atoms. The Labute approximate surface area is 131 Å². The number of hydrogen-bond acceptors (Lipinski definition) is 2. The molecule has 1 atom stereocenters. The van der Waals surface area contributed by atoms with E-state index in [0.717, 1.165) is 21.3 Å². The van der Waals surface area contributed by atoms with Crippen LogP contribution in [0.3, 0.4) is 0 Å². The second kappa shape index (κ2) is 6.89. The number of benzene rings is 2. The lowest BCUT2D eigenvalue weighted by atomic mass is 10.1. The number of ether oxygens (including phenoxy) is 1. The zero-order valence-corrected chi connectivity index (χ0v) is 13.3. The average molecular weight is 356 g/mol. The van der Waals surface area contributed by atoms with E-state index in [-0.39, 0.29) is 11.8 Å². The fourth-order valence-electron chi connectivity index (χ4n) is 2.07. The summed E-state index contributed by atoms with van der Waals surface area (Å²) < 4.78 is 29.9. The molecular formula is C16H16BrF2NO. The minimum atomic E-state index is -2.81. The van der Waals surface area contributed by atoms with Crippen molar-refractivity contribution < 1.29 is 13.5 Å². The van der Waals surface area contributed by atoms with Gasteiger partial charge in [0.15, 0.2) is 0 Å². The van der Waals surface area contributed by atoms with Crippen molar-refractivity contribution in [2.45, 2.75) is 26.5 Å². The highest BCUT2D eigenvalue weighted by atomic mass is 79.9. The predicted octanol–water partition coefficient (Wildman–Crippen LogP) is 5.53. The van der Waals surface area contributed by atoms with E-state index < -0.39 is 6.61 Å². The van der Waals surface area contributed by atoms with E-state index in [1.807, 2.05) is 38.1 Å². The first-order valence-corrected chi connectivity index (χ1v) is 7.32. The quantitative estimate of drug-likeness (QED) is 0.760. The summed E-state index contributed by atoms with van der Waals surface area (Å²) in [4.78, 5) is 0. The molecule has 2 rings (SSSR count). The number of nitrogens with one attached hydrogen (secondary N) is 1. The Balaban J connectivity index is 2.14. The molecule has 0 bridgehead atoms. The van der Waals surface area contributed by atoms with Crippen LogP contribution in [0.4, 0.5) is 14.5 Å². The SMILES string of the molecule is Cc1cc(Br)ccc1NC(C)c1cccc(OC(F)F)c1. The summed E-state index contributed by atoms with van der Waals surface area (Å²) in [6.45, 7) is 1.18. The number of alkyl halides is 2. The van der Waals surface area contributed by atoms with Gasteiger partial charge in [0.1, 0.15) is 5.75 Å². The van der Waals surface area contributed by atoms with Gasteiger partial charge in [-0.25, -0.2) is 0 Å². The first-order valence-electron chi connectivity index (χ1n) is 6.53. The second-order valence-corrected chi connectivity index (χ2v) is 5.69. The molecule has 0 aliphatic carbocycles. The van der Waals surface area contributed by atoms with Crippen molar-refractivity contribution in [3.8, 4) is 5.75 Å². The summed E-state index contributed by atoms with van der Waals surface area (Å²) in [6, 6.07) is 12.7. The zero-order valence-electron chi connectivity index (χ0n) is 11.7. The molecule has 0 spiro atoms. The molecule has 112 valence electrons. The maximum Gasteiger partial charge on any atom is 0.387 e. The Hall–Kier alpha value is -1.62. The molecule has 2 aromatic rings. The van der Waals surface area contributed by atoms with E-state index in [1.165, 1.54) is 6.07 Å². The molecule has 0 aliphatic heterocycles. The van der Waals surface area contributed by atoms with Crippen LogP contribution >= 0.6 is 15.9 Å². The third-order valence-corrected chi connectivity index (χ3v) is 3.64. The molecule has 2 aromatic carbocycles. The highest BCUT2D eigenvalue weighted by Crippen LogP contribution is 2.26.